The van der Waals surface area contributed by atoms with Gasteiger partial charge in [0.25, 0.3) is 0 Å². The maximum Gasteiger partial charge on any atom is 0.219 e. The van der Waals surface area contributed by atoms with Gasteiger partial charge >= 0.3 is 0 Å². The second-order valence-corrected chi connectivity index (χ2v) is 7.49. The lowest BCUT2D eigenvalue weighted by Crippen LogP contribution is -2.29. The summed E-state index contributed by atoms with van der Waals surface area (Å²) in [6.07, 6.45) is 5.59. The normalized spacial score (nSPS) is 15.2. The van der Waals surface area contributed by atoms with Crippen LogP contribution in [-0.2, 0) is 12.8 Å². The van der Waals surface area contributed by atoms with Gasteiger partial charge in [-0.25, -0.2) is 4.98 Å². The molecular formula is C23H23N5O. The molecule has 4 heterocycles. The number of hydrogen-bond acceptors (Lipinski definition) is 6. The van der Waals surface area contributed by atoms with E-state index in [9.17, 15) is 5.11 Å². The van der Waals surface area contributed by atoms with E-state index in [0.717, 1.165) is 61.4 Å². The van der Waals surface area contributed by atoms with Gasteiger partial charge in [0.2, 0.25) is 5.88 Å². The third-order valence-corrected chi connectivity index (χ3v) is 5.62. The van der Waals surface area contributed by atoms with E-state index in [-0.39, 0.29) is 5.88 Å². The lowest BCUT2D eigenvalue weighted by atomic mass is 9.98. The Balaban J connectivity index is 1.55. The average Bonchev–Trinajstić information content (AvgIpc) is 2.78. The molecule has 0 unspecified atom stereocenters. The van der Waals surface area contributed by atoms with Crippen molar-refractivity contribution in [3.05, 3.63) is 65.9 Å². The molecule has 2 aliphatic rings. The van der Waals surface area contributed by atoms with Gasteiger partial charge in [0.05, 0.1) is 5.56 Å². The summed E-state index contributed by atoms with van der Waals surface area (Å²) < 4.78 is 0. The molecule has 0 aliphatic carbocycles. The van der Waals surface area contributed by atoms with Gasteiger partial charge in [-0.1, -0.05) is 18.7 Å². The minimum atomic E-state index is 0.0304. The molecule has 0 radical (unpaired) electrons. The fraction of sp³-hybridized carbons (Fsp3) is 0.261. The lowest BCUT2D eigenvalue weighted by molar-refractivity contribution is 0.442. The summed E-state index contributed by atoms with van der Waals surface area (Å²) in [5.74, 6) is 1.18. The van der Waals surface area contributed by atoms with Crippen molar-refractivity contribution in [2.24, 2.45) is 0 Å². The zero-order chi connectivity index (χ0) is 19.8. The maximum atomic E-state index is 10.6. The molecule has 6 heteroatoms. The number of aromatic hydroxyl groups is 1. The van der Waals surface area contributed by atoms with E-state index in [4.69, 9.17) is 4.98 Å². The number of nitrogens with zero attached hydrogens (tertiary/aromatic N) is 4. The molecule has 1 aromatic carbocycles. The molecule has 5 rings (SSSR count). The second kappa shape index (κ2) is 7.20. The van der Waals surface area contributed by atoms with Crippen molar-refractivity contribution in [3.8, 4) is 17.4 Å². The van der Waals surface area contributed by atoms with Gasteiger partial charge < -0.3 is 15.3 Å². The molecule has 3 aromatic rings. The van der Waals surface area contributed by atoms with E-state index in [1.54, 1.807) is 6.20 Å². The highest BCUT2D eigenvalue weighted by molar-refractivity contribution is 5.80. The summed E-state index contributed by atoms with van der Waals surface area (Å²) in [6.45, 7) is 6.21. The van der Waals surface area contributed by atoms with E-state index < -0.39 is 0 Å². The largest absolute Gasteiger partial charge is 0.493 e. The fourth-order valence-corrected chi connectivity index (χ4v) is 4.11. The first-order valence-electron chi connectivity index (χ1n) is 10.1. The Kier molecular flexibility index (Phi) is 4.39. The third kappa shape index (κ3) is 3.20. The summed E-state index contributed by atoms with van der Waals surface area (Å²) in [5, 5.41) is 14.0. The molecule has 0 fully saturated rings. The Morgan fingerprint density at radius 1 is 1.10 bits per heavy atom. The topological polar surface area (TPSA) is 74.2 Å². The second-order valence-electron chi connectivity index (χ2n) is 7.49. The number of anilines is 2. The minimum absolute atomic E-state index is 0.0304. The van der Waals surface area contributed by atoms with Crippen molar-refractivity contribution >= 4 is 17.2 Å². The van der Waals surface area contributed by atoms with Gasteiger partial charge in [0, 0.05) is 30.7 Å². The van der Waals surface area contributed by atoms with Crippen molar-refractivity contribution in [1.29, 1.82) is 0 Å². The summed E-state index contributed by atoms with van der Waals surface area (Å²) >= 11 is 0. The third-order valence-electron chi connectivity index (χ3n) is 5.62. The average molecular weight is 385 g/mol. The van der Waals surface area contributed by atoms with Crippen molar-refractivity contribution < 1.29 is 5.11 Å². The van der Waals surface area contributed by atoms with Crippen LogP contribution in [0.15, 0.2) is 49.2 Å². The first-order chi connectivity index (χ1) is 14.2. The van der Waals surface area contributed by atoms with Gasteiger partial charge in [-0.05, 0) is 61.1 Å². The number of fused-ring (bicyclic) bond motifs is 2. The monoisotopic (exact) mass is 385 g/mol. The molecule has 0 saturated carbocycles. The Morgan fingerprint density at radius 2 is 2.03 bits per heavy atom. The fourth-order valence-electron chi connectivity index (χ4n) is 4.11. The smallest absolute Gasteiger partial charge is 0.219 e. The van der Waals surface area contributed by atoms with Crippen molar-refractivity contribution in [1.82, 2.24) is 15.0 Å². The van der Waals surface area contributed by atoms with Crippen LogP contribution in [0.4, 0.5) is 11.5 Å². The molecule has 0 atom stereocenters. The number of aromatic nitrogens is 3. The molecule has 146 valence electrons. The molecule has 0 bridgehead atoms. The number of aryl methyl sites for hydroxylation is 1. The van der Waals surface area contributed by atoms with Crippen LogP contribution in [0.5, 0.6) is 5.88 Å². The number of hydrogen-bond donors (Lipinski definition) is 2. The van der Waals surface area contributed by atoms with Crippen LogP contribution >= 0.6 is 0 Å². The number of benzene rings is 1. The van der Waals surface area contributed by atoms with Crippen LogP contribution in [0.1, 0.15) is 29.5 Å². The highest BCUT2D eigenvalue weighted by Gasteiger charge is 2.26. The highest BCUT2D eigenvalue weighted by Crippen LogP contribution is 2.37. The van der Waals surface area contributed by atoms with Crippen molar-refractivity contribution in [2.75, 3.05) is 23.3 Å². The standard InChI is InChI=1S/C23H23N5O/c1-15(16-9-10-19-17(14-16)6-4-12-24-19)28-13-5-7-18-22(28)26-21(27-23(18)29)20-8-2-3-11-25-20/h2-3,8-11,14,24H,1,4-7,12-13H2,(H,26,27,29). The van der Waals surface area contributed by atoms with Crippen LogP contribution in [0.25, 0.3) is 17.2 Å². The first-order valence-corrected chi connectivity index (χ1v) is 10.1. The minimum Gasteiger partial charge on any atom is -0.493 e. The van der Waals surface area contributed by atoms with Gasteiger partial charge in [0.1, 0.15) is 11.5 Å². The Hall–Kier alpha value is -3.41. The van der Waals surface area contributed by atoms with E-state index in [1.807, 2.05) is 18.2 Å². The summed E-state index contributed by atoms with van der Waals surface area (Å²) in [6, 6.07) is 12.0. The summed E-state index contributed by atoms with van der Waals surface area (Å²) in [4.78, 5) is 15.5. The van der Waals surface area contributed by atoms with Crippen LogP contribution in [0.2, 0.25) is 0 Å². The molecule has 2 N–H and O–H groups in total. The maximum absolute atomic E-state index is 10.6. The van der Waals surface area contributed by atoms with Gasteiger partial charge in [-0.2, -0.15) is 4.98 Å². The van der Waals surface area contributed by atoms with Crippen molar-refractivity contribution in [3.63, 3.8) is 0 Å². The lowest BCUT2D eigenvalue weighted by Gasteiger charge is -2.32. The molecule has 29 heavy (non-hydrogen) atoms. The molecule has 2 aromatic heterocycles. The zero-order valence-electron chi connectivity index (χ0n) is 16.2. The van der Waals surface area contributed by atoms with E-state index >= 15 is 0 Å². The van der Waals surface area contributed by atoms with Gasteiger partial charge in [0.15, 0.2) is 5.82 Å². The first kappa shape index (κ1) is 17.7. The molecule has 0 saturated heterocycles. The molecule has 2 aliphatic heterocycles. The predicted molar refractivity (Wildman–Crippen MR) is 115 cm³/mol. The number of rotatable bonds is 3. The summed E-state index contributed by atoms with van der Waals surface area (Å²) in [7, 11) is 0. The highest BCUT2D eigenvalue weighted by atomic mass is 16.3. The predicted octanol–water partition coefficient (Wildman–Crippen LogP) is 4.03. The Labute approximate surface area is 170 Å². The molecule has 0 spiro atoms. The Bertz CT molecular complexity index is 1080. The van der Waals surface area contributed by atoms with Crippen molar-refractivity contribution in [2.45, 2.75) is 25.7 Å². The van der Waals surface area contributed by atoms with Crippen LogP contribution in [0, 0.1) is 0 Å². The summed E-state index contributed by atoms with van der Waals surface area (Å²) in [5.41, 5.74) is 5.93. The van der Waals surface area contributed by atoms with E-state index in [1.165, 1.54) is 11.3 Å². The Morgan fingerprint density at radius 3 is 2.90 bits per heavy atom. The van der Waals surface area contributed by atoms with Gasteiger partial charge in [-0.3, -0.25) is 4.98 Å². The zero-order valence-corrected chi connectivity index (χ0v) is 16.2. The van der Waals surface area contributed by atoms with E-state index in [2.05, 4.69) is 45.0 Å². The van der Waals surface area contributed by atoms with Gasteiger partial charge in [-0.15, -0.1) is 0 Å². The van der Waals surface area contributed by atoms with Crippen LogP contribution in [-0.4, -0.2) is 33.1 Å². The number of nitrogens with one attached hydrogen (secondary N) is 1. The SMILES string of the molecule is C=C(c1ccc2c(c1)CCCN2)N1CCCc2c(O)nc(-c3ccccn3)nc21. The molecule has 6 nitrogen and oxygen atoms in total. The number of pyridine rings is 1. The van der Waals surface area contributed by atoms with E-state index in [0.29, 0.717) is 11.5 Å². The van der Waals surface area contributed by atoms with Crippen LogP contribution in [0.3, 0.4) is 0 Å². The molecular weight excluding hydrogens is 362 g/mol. The van der Waals surface area contributed by atoms with Crippen LogP contribution < -0.4 is 10.2 Å². The molecule has 0 amide bonds. The quantitative estimate of drug-likeness (QED) is 0.709.